The smallest absolute Gasteiger partial charge is 0.317 e. The van der Waals surface area contributed by atoms with Gasteiger partial charge in [-0.3, -0.25) is 14.4 Å². The summed E-state index contributed by atoms with van der Waals surface area (Å²) >= 11 is 0. The highest BCUT2D eigenvalue weighted by Gasteiger charge is 2.42. The molecule has 0 saturated carbocycles. The molecule has 0 spiro atoms. The zero-order valence-electron chi connectivity index (χ0n) is 28.3. The van der Waals surface area contributed by atoms with Crippen molar-refractivity contribution in [1.29, 1.82) is 0 Å². The first kappa shape index (κ1) is 37.9. The van der Waals surface area contributed by atoms with Gasteiger partial charge in [0.05, 0.1) is 31.5 Å². The number of rotatable bonds is 10. The van der Waals surface area contributed by atoms with E-state index in [2.05, 4.69) is 22.3 Å². The summed E-state index contributed by atoms with van der Waals surface area (Å²) in [6.45, 7) is 3.00. The monoisotopic (exact) mass is 694 g/mol. The average molecular weight is 695 g/mol. The Hall–Kier alpha value is -4.88. The molecule has 2 aliphatic heterocycles. The highest BCUT2D eigenvalue weighted by Crippen LogP contribution is 2.37. The molecule has 3 N–H and O–H groups in total. The van der Waals surface area contributed by atoms with E-state index in [-0.39, 0.29) is 37.9 Å². The predicted molar refractivity (Wildman–Crippen MR) is 181 cm³/mol. The van der Waals surface area contributed by atoms with Crippen LogP contribution < -0.4 is 5.32 Å². The Labute approximate surface area is 290 Å². The standard InChI is InChI=1S/C33H38F2N4O3.C4H6O4/c1-37(2)31(41)36-32(26-11-7-4-8-12-26)15-18-38(19-16-32)20-17-33(27-13-14-28(34)29(35)23-27)24-39(21-22-42-33)30(40)25-9-5-3-6-10-25;5-3(6)1-2-4(7)8/h3-14,23H,15-22,24H2,1-2H3,(H,36,41);1-2H2,(H,5,6)(H,7,8). The number of urea groups is 1. The fourth-order valence-electron chi connectivity index (χ4n) is 6.24. The lowest BCUT2D eigenvalue weighted by atomic mass is 9.80. The van der Waals surface area contributed by atoms with Crippen molar-refractivity contribution in [3.63, 3.8) is 0 Å². The van der Waals surface area contributed by atoms with Gasteiger partial charge in [0.25, 0.3) is 5.91 Å². The number of carboxylic acid groups (broad SMARTS) is 2. The van der Waals surface area contributed by atoms with Gasteiger partial charge in [0.15, 0.2) is 11.6 Å². The van der Waals surface area contributed by atoms with Crippen LogP contribution in [0.25, 0.3) is 0 Å². The summed E-state index contributed by atoms with van der Waals surface area (Å²) < 4.78 is 34.8. The molecule has 3 aromatic rings. The fraction of sp³-hybridized carbons (Fsp3) is 0.405. The Morgan fingerprint density at radius 1 is 0.820 bits per heavy atom. The maximum atomic E-state index is 14.5. The second-order valence-electron chi connectivity index (χ2n) is 12.7. The molecule has 11 nitrogen and oxygen atoms in total. The van der Waals surface area contributed by atoms with Crippen LogP contribution in [0, 0.1) is 11.6 Å². The summed E-state index contributed by atoms with van der Waals surface area (Å²) in [6.07, 6.45) is 1.33. The van der Waals surface area contributed by atoms with Gasteiger partial charge >= 0.3 is 18.0 Å². The highest BCUT2D eigenvalue weighted by molar-refractivity contribution is 5.94. The Morgan fingerprint density at radius 2 is 1.42 bits per heavy atom. The molecule has 2 saturated heterocycles. The van der Waals surface area contributed by atoms with Crippen molar-refractivity contribution in [1.82, 2.24) is 20.0 Å². The Kier molecular flexibility index (Phi) is 13.0. The summed E-state index contributed by atoms with van der Waals surface area (Å²) in [4.78, 5) is 51.0. The molecule has 3 aromatic carbocycles. The normalized spacial score (nSPS) is 18.7. The quantitative estimate of drug-likeness (QED) is 0.272. The third-order valence-corrected chi connectivity index (χ3v) is 9.11. The second kappa shape index (κ2) is 17.2. The zero-order chi connectivity index (χ0) is 36.3. The van der Waals surface area contributed by atoms with Crippen LogP contribution in [0.3, 0.4) is 0 Å². The minimum atomic E-state index is -1.08. The van der Waals surface area contributed by atoms with E-state index in [0.29, 0.717) is 43.5 Å². The average Bonchev–Trinajstić information content (AvgIpc) is 3.12. The van der Waals surface area contributed by atoms with Gasteiger partial charge in [-0.2, -0.15) is 0 Å². The maximum Gasteiger partial charge on any atom is 0.317 e. The first-order valence-electron chi connectivity index (χ1n) is 16.5. The number of hydrogen-bond acceptors (Lipinski definition) is 6. The number of morpholine rings is 1. The van der Waals surface area contributed by atoms with Gasteiger partial charge in [0.2, 0.25) is 0 Å². The number of nitrogens with zero attached hydrogens (tertiary/aromatic N) is 3. The molecule has 0 bridgehead atoms. The summed E-state index contributed by atoms with van der Waals surface area (Å²) in [5.41, 5.74) is 0.679. The number of carboxylic acids is 2. The lowest BCUT2D eigenvalue weighted by molar-refractivity contribution is -0.143. The second-order valence-corrected chi connectivity index (χ2v) is 12.7. The number of halogens is 2. The summed E-state index contributed by atoms with van der Waals surface area (Å²) in [6, 6.07) is 22.8. The summed E-state index contributed by atoms with van der Waals surface area (Å²) in [5, 5.41) is 19.1. The highest BCUT2D eigenvalue weighted by atomic mass is 19.2. The van der Waals surface area contributed by atoms with Gasteiger partial charge in [-0.05, 0) is 54.7 Å². The van der Waals surface area contributed by atoms with Crippen molar-refractivity contribution in [3.8, 4) is 0 Å². The molecule has 1 atom stereocenters. The lowest BCUT2D eigenvalue weighted by Gasteiger charge is -2.46. The molecule has 2 aliphatic rings. The number of nitrogens with one attached hydrogen (secondary N) is 1. The predicted octanol–water partition coefficient (Wildman–Crippen LogP) is 4.92. The van der Waals surface area contributed by atoms with Crippen molar-refractivity contribution >= 4 is 23.9 Å². The molecule has 5 rings (SSSR count). The summed E-state index contributed by atoms with van der Waals surface area (Å²) in [7, 11) is 3.47. The number of ether oxygens (including phenoxy) is 1. The summed E-state index contributed by atoms with van der Waals surface area (Å²) in [5.74, 6) is -4.13. The molecule has 13 heteroatoms. The Balaban J connectivity index is 0.000000627. The molecule has 3 amide bonds. The Morgan fingerprint density at radius 3 is 1.98 bits per heavy atom. The minimum absolute atomic E-state index is 0.117. The zero-order valence-corrected chi connectivity index (χ0v) is 28.3. The van der Waals surface area contributed by atoms with Crippen molar-refractivity contribution in [2.24, 2.45) is 0 Å². The lowest BCUT2D eigenvalue weighted by Crippen LogP contribution is -2.56. The van der Waals surface area contributed by atoms with E-state index in [9.17, 15) is 28.0 Å². The van der Waals surface area contributed by atoms with Gasteiger partial charge < -0.3 is 35.0 Å². The molecular formula is C37H44F2N4O7. The van der Waals surface area contributed by atoms with Crippen LogP contribution in [-0.2, 0) is 25.5 Å². The van der Waals surface area contributed by atoms with E-state index in [4.69, 9.17) is 14.9 Å². The van der Waals surface area contributed by atoms with E-state index in [0.717, 1.165) is 24.7 Å². The van der Waals surface area contributed by atoms with Crippen molar-refractivity contribution in [2.45, 2.75) is 43.2 Å². The van der Waals surface area contributed by atoms with Crippen molar-refractivity contribution < 1.29 is 42.9 Å². The van der Waals surface area contributed by atoms with Crippen LogP contribution in [0.2, 0.25) is 0 Å². The van der Waals surface area contributed by atoms with Gasteiger partial charge in [0, 0.05) is 45.8 Å². The van der Waals surface area contributed by atoms with E-state index < -0.39 is 34.7 Å². The van der Waals surface area contributed by atoms with Crippen LogP contribution in [0.5, 0.6) is 0 Å². The molecule has 0 radical (unpaired) electrons. The number of benzene rings is 3. The molecule has 50 heavy (non-hydrogen) atoms. The van der Waals surface area contributed by atoms with Crippen LogP contribution in [0.15, 0.2) is 78.9 Å². The number of hydrogen-bond donors (Lipinski definition) is 3. The molecule has 0 aliphatic carbocycles. The van der Waals surface area contributed by atoms with Crippen LogP contribution in [-0.4, -0.2) is 102 Å². The number of carbonyl (C=O) groups excluding carboxylic acids is 2. The minimum Gasteiger partial charge on any atom is -0.481 e. The third-order valence-electron chi connectivity index (χ3n) is 9.11. The largest absolute Gasteiger partial charge is 0.481 e. The van der Waals surface area contributed by atoms with Crippen molar-refractivity contribution in [3.05, 3.63) is 107 Å². The van der Waals surface area contributed by atoms with Gasteiger partial charge in [-0.1, -0.05) is 54.6 Å². The van der Waals surface area contributed by atoms with E-state index in [1.54, 1.807) is 42.1 Å². The molecule has 2 fully saturated rings. The van der Waals surface area contributed by atoms with Gasteiger partial charge in [-0.15, -0.1) is 0 Å². The number of piperidine rings is 1. The molecule has 0 aromatic heterocycles. The maximum absolute atomic E-state index is 14.5. The van der Waals surface area contributed by atoms with Crippen LogP contribution >= 0.6 is 0 Å². The third kappa shape index (κ3) is 9.85. The number of likely N-dealkylation sites (tertiary alicyclic amines) is 1. The van der Waals surface area contributed by atoms with E-state index in [1.807, 2.05) is 36.4 Å². The Bertz CT molecular complexity index is 1600. The number of amides is 3. The molecule has 268 valence electrons. The fourth-order valence-corrected chi connectivity index (χ4v) is 6.24. The van der Waals surface area contributed by atoms with Crippen LogP contribution in [0.1, 0.15) is 53.6 Å². The van der Waals surface area contributed by atoms with Crippen LogP contribution in [0.4, 0.5) is 13.6 Å². The van der Waals surface area contributed by atoms with E-state index in [1.165, 1.54) is 6.07 Å². The van der Waals surface area contributed by atoms with Crippen molar-refractivity contribution in [2.75, 3.05) is 53.4 Å². The number of carbonyl (C=O) groups is 4. The molecule has 2 heterocycles. The first-order chi connectivity index (χ1) is 23.8. The SMILES string of the molecule is CN(C)C(=O)NC1(c2ccccc2)CCN(CCC2(c3ccc(F)c(F)c3)CN(C(=O)c3ccccc3)CCO2)CC1.O=C(O)CCC(=O)O. The number of aliphatic carboxylic acids is 2. The molecular weight excluding hydrogens is 650 g/mol. The molecule has 1 unspecified atom stereocenters. The topological polar surface area (TPSA) is 140 Å². The van der Waals surface area contributed by atoms with E-state index >= 15 is 0 Å². The van der Waals surface area contributed by atoms with Gasteiger partial charge in [-0.25, -0.2) is 13.6 Å². The first-order valence-corrected chi connectivity index (χ1v) is 16.5. The van der Waals surface area contributed by atoms with Gasteiger partial charge in [0.1, 0.15) is 5.60 Å².